The van der Waals surface area contributed by atoms with Crippen molar-refractivity contribution in [2.75, 3.05) is 6.54 Å². The molecule has 24 heavy (non-hydrogen) atoms. The lowest BCUT2D eigenvalue weighted by molar-refractivity contribution is -0.121. The Balaban J connectivity index is 2.19. The lowest BCUT2D eigenvalue weighted by Gasteiger charge is -2.18. The predicted molar refractivity (Wildman–Crippen MR) is 93.0 cm³/mol. The quantitative estimate of drug-likeness (QED) is 0.732. The van der Waals surface area contributed by atoms with Gasteiger partial charge in [-0.05, 0) is 30.9 Å². The number of H-pyrrole nitrogens is 1. The maximum absolute atomic E-state index is 12.2. The third-order valence-corrected chi connectivity index (χ3v) is 4.72. The molecule has 2 unspecified atom stereocenters. The minimum absolute atomic E-state index is 0.134. The molecule has 0 aliphatic heterocycles. The molecule has 7 heteroatoms. The van der Waals surface area contributed by atoms with Crippen molar-refractivity contribution in [1.82, 2.24) is 20.1 Å². The van der Waals surface area contributed by atoms with Crippen LogP contribution in [0.4, 0.5) is 0 Å². The topological polar surface area (TPSA) is 100 Å². The molecule has 2 aromatic heterocycles. The largest absolute Gasteiger partial charge is 0.391 e. The molecule has 2 rings (SSSR count). The van der Waals surface area contributed by atoms with Crippen molar-refractivity contribution in [3.05, 3.63) is 27.2 Å². The van der Waals surface area contributed by atoms with E-state index in [1.165, 1.54) is 0 Å². The SMILES string of the molecule is CCC(C)C(O)CNC(=O)Cc1c(C)nc2c(c1C)c(=O)[nH]n2C. The molecule has 0 bridgehead atoms. The summed E-state index contributed by atoms with van der Waals surface area (Å²) in [4.78, 5) is 28.7. The number of carbonyl (C=O) groups excluding carboxylic acids is 1. The average molecular weight is 334 g/mol. The fourth-order valence-corrected chi connectivity index (χ4v) is 2.82. The highest BCUT2D eigenvalue weighted by atomic mass is 16.3. The van der Waals surface area contributed by atoms with Crippen LogP contribution in [0.2, 0.25) is 0 Å². The molecule has 0 saturated heterocycles. The second kappa shape index (κ2) is 7.17. The van der Waals surface area contributed by atoms with Gasteiger partial charge in [-0.1, -0.05) is 20.3 Å². The van der Waals surface area contributed by atoms with E-state index in [9.17, 15) is 14.7 Å². The van der Waals surface area contributed by atoms with Crippen LogP contribution >= 0.6 is 0 Å². The number of fused-ring (bicyclic) bond motifs is 1. The molecule has 2 aromatic rings. The number of carbonyl (C=O) groups is 1. The van der Waals surface area contributed by atoms with Gasteiger partial charge in [0.1, 0.15) is 0 Å². The van der Waals surface area contributed by atoms with Crippen LogP contribution in [0.1, 0.15) is 37.1 Å². The van der Waals surface area contributed by atoms with E-state index in [0.29, 0.717) is 11.0 Å². The predicted octanol–water partition coefficient (Wildman–Crippen LogP) is 0.944. The zero-order chi connectivity index (χ0) is 18.0. The van der Waals surface area contributed by atoms with Gasteiger partial charge in [-0.3, -0.25) is 19.4 Å². The molecule has 0 saturated carbocycles. The molecule has 1 amide bonds. The van der Waals surface area contributed by atoms with Gasteiger partial charge in [0.05, 0.1) is 17.9 Å². The zero-order valence-corrected chi connectivity index (χ0v) is 14.9. The first-order valence-corrected chi connectivity index (χ1v) is 8.25. The molecule has 7 nitrogen and oxygen atoms in total. The minimum atomic E-state index is -0.557. The molecule has 0 aliphatic rings. The number of aromatic amines is 1. The second-order valence-electron chi connectivity index (χ2n) is 6.43. The number of aromatic nitrogens is 3. The van der Waals surface area contributed by atoms with Crippen LogP contribution in [0.5, 0.6) is 0 Å². The van der Waals surface area contributed by atoms with Gasteiger partial charge in [0.25, 0.3) is 5.56 Å². The average Bonchev–Trinajstić information content (AvgIpc) is 2.82. The molecule has 3 N–H and O–H groups in total. The van der Waals surface area contributed by atoms with E-state index in [1.807, 2.05) is 27.7 Å². The first-order valence-electron chi connectivity index (χ1n) is 8.25. The number of rotatable bonds is 6. The smallest absolute Gasteiger partial charge is 0.273 e. The van der Waals surface area contributed by atoms with Gasteiger partial charge in [-0.15, -0.1) is 0 Å². The highest BCUT2D eigenvalue weighted by Crippen LogP contribution is 2.20. The van der Waals surface area contributed by atoms with E-state index >= 15 is 0 Å². The Hall–Kier alpha value is -2.15. The number of aryl methyl sites for hydroxylation is 3. The van der Waals surface area contributed by atoms with E-state index < -0.39 is 6.10 Å². The Morgan fingerprint density at radius 3 is 2.71 bits per heavy atom. The van der Waals surface area contributed by atoms with Crippen LogP contribution in [-0.4, -0.2) is 38.4 Å². The number of pyridine rings is 1. The molecular weight excluding hydrogens is 308 g/mol. The van der Waals surface area contributed by atoms with Crippen molar-refractivity contribution in [1.29, 1.82) is 0 Å². The number of aliphatic hydroxyl groups excluding tert-OH is 1. The number of hydrogen-bond donors (Lipinski definition) is 3. The summed E-state index contributed by atoms with van der Waals surface area (Å²) < 4.78 is 1.59. The molecular formula is C17H26N4O3. The molecule has 2 atom stereocenters. The Morgan fingerprint density at radius 1 is 1.42 bits per heavy atom. The van der Waals surface area contributed by atoms with E-state index in [4.69, 9.17) is 0 Å². The van der Waals surface area contributed by atoms with Crippen LogP contribution in [0.15, 0.2) is 4.79 Å². The van der Waals surface area contributed by atoms with Crippen LogP contribution < -0.4 is 10.9 Å². The molecule has 2 heterocycles. The summed E-state index contributed by atoms with van der Waals surface area (Å²) in [6.45, 7) is 7.85. The molecule has 0 radical (unpaired) electrons. The Kier molecular flexibility index (Phi) is 5.43. The fourth-order valence-electron chi connectivity index (χ4n) is 2.82. The first-order chi connectivity index (χ1) is 11.3. The van der Waals surface area contributed by atoms with Crippen LogP contribution in [0, 0.1) is 19.8 Å². The summed E-state index contributed by atoms with van der Waals surface area (Å²) >= 11 is 0. The summed E-state index contributed by atoms with van der Waals surface area (Å²) in [5, 5.41) is 15.9. The van der Waals surface area contributed by atoms with Gasteiger partial charge in [0.15, 0.2) is 5.65 Å². The van der Waals surface area contributed by atoms with Crippen molar-refractivity contribution in [2.45, 2.75) is 46.6 Å². The fraction of sp³-hybridized carbons (Fsp3) is 0.588. The molecule has 132 valence electrons. The van der Waals surface area contributed by atoms with Crippen molar-refractivity contribution in [3.63, 3.8) is 0 Å². The van der Waals surface area contributed by atoms with Gasteiger partial charge in [0, 0.05) is 19.3 Å². The lowest BCUT2D eigenvalue weighted by atomic mass is 10.0. The molecule has 0 aliphatic carbocycles. The number of aliphatic hydroxyl groups is 1. The Bertz CT molecular complexity index is 806. The summed E-state index contributed by atoms with van der Waals surface area (Å²) in [5.74, 6) is -0.0493. The molecule has 0 fully saturated rings. The zero-order valence-electron chi connectivity index (χ0n) is 14.9. The third kappa shape index (κ3) is 3.51. The summed E-state index contributed by atoms with van der Waals surface area (Å²) in [6.07, 6.45) is 0.438. The lowest BCUT2D eigenvalue weighted by Crippen LogP contribution is -2.36. The van der Waals surface area contributed by atoms with Crippen molar-refractivity contribution >= 4 is 16.9 Å². The first kappa shape index (κ1) is 18.2. The Labute approximate surface area is 141 Å². The number of amides is 1. The molecule has 0 spiro atoms. The van der Waals surface area contributed by atoms with E-state index in [2.05, 4.69) is 15.4 Å². The van der Waals surface area contributed by atoms with Crippen LogP contribution in [0.3, 0.4) is 0 Å². The van der Waals surface area contributed by atoms with Gasteiger partial charge in [0.2, 0.25) is 5.91 Å². The third-order valence-electron chi connectivity index (χ3n) is 4.72. The maximum atomic E-state index is 12.2. The van der Waals surface area contributed by atoms with E-state index in [0.717, 1.165) is 23.2 Å². The number of nitrogens with one attached hydrogen (secondary N) is 2. The van der Waals surface area contributed by atoms with Gasteiger partial charge >= 0.3 is 0 Å². The monoisotopic (exact) mass is 334 g/mol. The highest BCUT2D eigenvalue weighted by Gasteiger charge is 2.18. The van der Waals surface area contributed by atoms with Crippen molar-refractivity contribution in [2.24, 2.45) is 13.0 Å². The Morgan fingerprint density at radius 2 is 2.08 bits per heavy atom. The normalized spacial score (nSPS) is 13.9. The maximum Gasteiger partial charge on any atom is 0.273 e. The van der Waals surface area contributed by atoms with Gasteiger partial charge in [-0.25, -0.2) is 4.98 Å². The van der Waals surface area contributed by atoms with Crippen molar-refractivity contribution in [3.8, 4) is 0 Å². The number of hydrogen-bond acceptors (Lipinski definition) is 4. The van der Waals surface area contributed by atoms with Gasteiger partial charge < -0.3 is 10.4 Å². The minimum Gasteiger partial charge on any atom is -0.391 e. The van der Waals surface area contributed by atoms with Crippen molar-refractivity contribution < 1.29 is 9.90 Å². The standard InChI is InChI=1S/C17H26N4O3/c1-6-9(2)13(22)8-18-14(23)7-12-10(3)15-16(19-11(12)4)21(5)20-17(15)24/h9,13,22H,6-8H2,1-5H3,(H,18,23)(H,20,24). The van der Waals surface area contributed by atoms with E-state index in [-0.39, 0.29) is 30.3 Å². The summed E-state index contributed by atoms with van der Waals surface area (Å²) in [7, 11) is 1.73. The summed E-state index contributed by atoms with van der Waals surface area (Å²) in [5.41, 5.74) is 2.65. The highest BCUT2D eigenvalue weighted by molar-refractivity contribution is 5.84. The van der Waals surface area contributed by atoms with Gasteiger partial charge in [-0.2, -0.15) is 0 Å². The second-order valence-corrected chi connectivity index (χ2v) is 6.43. The number of nitrogens with zero attached hydrogens (tertiary/aromatic N) is 2. The summed E-state index contributed by atoms with van der Waals surface area (Å²) in [6, 6.07) is 0. The van der Waals surface area contributed by atoms with E-state index in [1.54, 1.807) is 11.7 Å². The van der Waals surface area contributed by atoms with Crippen LogP contribution in [-0.2, 0) is 18.3 Å². The molecule has 0 aromatic carbocycles. The van der Waals surface area contributed by atoms with Crippen LogP contribution in [0.25, 0.3) is 11.0 Å².